The standard InChI is InChI=1S/C21H20F2O5S/c1-3-27-21(24)17(13-16-7-5-4-6-8-16)14-19(20(22)23)28-29(25,26)18-11-9-15(2)10-12-18/h4-13H,3,14H2,1-2H3/b17-13-. The molecular weight excluding hydrogens is 402 g/mol. The van der Waals surface area contributed by atoms with Crippen molar-refractivity contribution >= 4 is 22.2 Å². The molecule has 8 heteroatoms. The Morgan fingerprint density at radius 3 is 2.21 bits per heavy atom. The molecule has 0 saturated carbocycles. The van der Waals surface area contributed by atoms with E-state index in [-0.39, 0.29) is 17.1 Å². The molecule has 0 aromatic heterocycles. The van der Waals surface area contributed by atoms with E-state index in [1.165, 1.54) is 30.3 Å². The fraction of sp³-hybridized carbons (Fsp3) is 0.190. The second-order valence-corrected chi connectivity index (χ2v) is 7.56. The van der Waals surface area contributed by atoms with Crippen molar-refractivity contribution in [2.24, 2.45) is 0 Å². The summed E-state index contributed by atoms with van der Waals surface area (Å²) in [5.41, 5.74) is 1.20. The topological polar surface area (TPSA) is 69.7 Å². The fourth-order valence-corrected chi connectivity index (χ4v) is 3.30. The Hall–Kier alpha value is -3.00. The van der Waals surface area contributed by atoms with Crippen LogP contribution in [0.5, 0.6) is 0 Å². The normalized spacial score (nSPS) is 11.7. The van der Waals surface area contributed by atoms with E-state index in [1.807, 2.05) is 0 Å². The van der Waals surface area contributed by atoms with Crippen molar-refractivity contribution < 1.29 is 30.9 Å². The number of ether oxygens (including phenoxy) is 1. The van der Waals surface area contributed by atoms with Crippen molar-refractivity contribution in [3.05, 3.63) is 83.1 Å². The minimum atomic E-state index is -4.49. The maximum Gasteiger partial charge on any atom is 0.339 e. The highest BCUT2D eigenvalue weighted by atomic mass is 32.2. The average molecular weight is 422 g/mol. The summed E-state index contributed by atoms with van der Waals surface area (Å²) in [7, 11) is -4.49. The minimum absolute atomic E-state index is 0.0324. The lowest BCUT2D eigenvalue weighted by atomic mass is 10.1. The van der Waals surface area contributed by atoms with Gasteiger partial charge in [0.2, 0.25) is 0 Å². The number of carbonyl (C=O) groups is 1. The third-order valence-electron chi connectivity index (χ3n) is 3.76. The molecule has 0 amide bonds. The Balaban J connectivity index is 2.35. The maximum atomic E-state index is 13.5. The predicted molar refractivity (Wildman–Crippen MR) is 104 cm³/mol. The molecule has 0 unspecified atom stereocenters. The summed E-state index contributed by atoms with van der Waals surface area (Å²) < 4.78 is 61.3. The van der Waals surface area contributed by atoms with Gasteiger partial charge in [-0.2, -0.15) is 17.2 Å². The van der Waals surface area contributed by atoms with Gasteiger partial charge in [0.25, 0.3) is 0 Å². The van der Waals surface area contributed by atoms with Gasteiger partial charge in [-0.3, -0.25) is 0 Å². The Morgan fingerprint density at radius 2 is 1.66 bits per heavy atom. The van der Waals surface area contributed by atoms with E-state index in [2.05, 4.69) is 4.18 Å². The molecule has 5 nitrogen and oxygen atoms in total. The van der Waals surface area contributed by atoms with Crippen molar-refractivity contribution in [1.82, 2.24) is 0 Å². The van der Waals surface area contributed by atoms with E-state index < -0.39 is 34.3 Å². The highest BCUT2D eigenvalue weighted by molar-refractivity contribution is 7.86. The largest absolute Gasteiger partial charge is 0.463 e. The van der Waals surface area contributed by atoms with Gasteiger partial charge in [-0.05, 0) is 37.6 Å². The van der Waals surface area contributed by atoms with E-state index in [1.54, 1.807) is 44.2 Å². The highest BCUT2D eigenvalue weighted by Gasteiger charge is 2.24. The Bertz CT molecular complexity index is 1010. The Labute approximate surface area is 168 Å². The zero-order chi connectivity index (χ0) is 21.4. The van der Waals surface area contributed by atoms with Crippen LogP contribution in [0.4, 0.5) is 8.78 Å². The average Bonchev–Trinajstić information content (AvgIpc) is 2.68. The number of rotatable bonds is 8. The van der Waals surface area contributed by atoms with E-state index in [4.69, 9.17) is 4.74 Å². The predicted octanol–water partition coefficient (Wildman–Crippen LogP) is 4.85. The lowest BCUT2D eigenvalue weighted by molar-refractivity contribution is -0.138. The highest BCUT2D eigenvalue weighted by Crippen LogP contribution is 2.26. The smallest absolute Gasteiger partial charge is 0.339 e. The first-order chi connectivity index (χ1) is 13.7. The molecule has 0 aliphatic heterocycles. The van der Waals surface area contributed by atoms with Crippen molar-refractivity contribution in [2.45, 2.75) is 25.2 Å². The van der Waals surface area contributed by atoms with Crippen LogP contribution in [-0.4, -0.2) is 21.0 Å². The van der Waals surface area contributed by atoms with Crippen LogP contribution in [0.2, 0.25) is 0 Å². The van der Waals surface area contributed by atoms with Crippen LogP contribution >= 0.6 is 0 Å². The van der Waals surface area contributed by atoms with Crippen LogP contribution in [-0.2, 0) is 23.8 Å². The van der Waals surface area contributed by atoms with Crippen LogP contribution < -0.4 is 0 Å². The molecule has 29 heavy (non-hydrogen) atoms. The molecule has 154 valence electrons. The summed E-state index contributed by atoms with van der Waals surface area (Å²) >= 11 is 0. The molecule has 0 N–H and O–H groups in total. The van der Waals surface area contributed by atoms with Gasteiger partial charge in [0, 0.05) is 12.0 Å². The molecule has 0 heterocycles. The van der Waals surface area contributed by atoms with E-state index in [9.17, 15) is 22.0 Å². The molecule has 2 aromatic rings. The summed E-state index contributed by atoms with van der Waals surface area (Å²) in [4.78, 5) is 11.9. The molecule has 0 radical (unpaired) electrons. The van der Waals surface area contributed by atoms with Gasteiger partial charge in [0.05, 0.1) is 6.61 Å². The Morgan fingerprint density at radius 1 is 1.03 bits per heavy atom. The van der Waals surface area contributed by atoms with E-state index in [0.29, 0.717) is 5.56 Å². The third kappa shape index (κ3) is 6.53. The number of halogens is 2. The summed E-state index contributed by atoms with van der Waals surface area (Å²) in [6.45, 7) is 3.36. The summed E-state index contributed by atoms with van der Waals surface area (Å²) in [6.07, 6.45) is -1.74. The molecule has 0 aliphatic rings. The van der Waals surface area contributed by atoms with Crippen molar-refractivity contribution in [2.75, 3.05) is 6.61 Å². The number of carbonyl (C=O) groups excluding carboxylic acids is 1. The number of esters is 1. The van der Waals surface area contributed by atoms with Gasteiger partial charge in [-0.25, -0.2) is 4.79 Å². The van der Waals surface area contributed by atoms with Gasteiger partial charge >= 0.3 is 22.2 Å². The van der Waals surface area contributed by atoms with Gasteiger partial charge in [0.1, 0.15) is 4.90 Å². The molecule has 0 saturated heterocycles. The summed E-state index contributed by atoms with van der Waals surface area (Å²) in [5.74, 6) is -1.98. The zero-order valence-electron chi connectivity index (χ0n) is 15.9. The van der Waals surface area contributed by atoms with Crippen molar-refractivity contribution in [3.63, 3.8) is 0 Å². The number of aryl methyl sites for hydroxylation is 1. The van der Waals surface area contributed by atoms with Gasteiger partial charge < -0.3 is 8.92 Å². The Kier molecular flexibility index (Phi) is 7.67. The van der Waals surface area contributed by atoms with Crippen LogP contribution in [0.3, 0.4) is 0 Å². The van der Waals surface area contributed by atoms with Crippen LogP contribution in [0, 0.1) is 6.92 Å². The molecule has 0 fully saturated rings. The lowest BCUT2D eigenvalue weighted by Crippen LogP contribution is -2.12. The first-order valence-corrected chi connectivity index (χ1v) is 10.1. The number of hydrogen-bond donors (Lipinski definition) is 0. The van der Waals surface area contributed by atoms with Gasteiger partial charge in [-0.1, -0.05) is 48.0 Å². The van der Waals surface area contributed by atoms with Crippen molar-refractivity contribution in [3.8, 4) is 0 Å². The molecule has 0 aliphatic carbocycles. The van der Waals surface area contributed by atoms with E-state index >= 15 is 0 Å². The second kappa shape index (κ2) is 9.97. The van der Waals surface area contributed by atoms with Crippen LogP contribution in [0.1, 0.15) is 24.5 Å². The monoisotopic (exact) mass is 422 g/mol. The summed E-state index contributed by atoms with van der Waals surface area (Å²) in [5, 5.41) is 0. The van der Waals surface area contributed by atoms with Crippen LogP contribution in [0.25, 0.3) is 6.08 Å². The SMILES string of the molecule is CCOC(=O)/C(=C\c1ccccc1)CC(OS(=O)(=O)c1ccc(C)cc1)=C(F)F. The number of benzene rings is 2. The zero-order valence-corrected chi connectivity index (χ0v) is 16.7. The number of allylic oxidation sites excluding steroid dienone is 1. The molecule has 2 rings (SSSR count). The first kappa shape index (κ1) is 22.3. The molecule has 0 spiro atoms. The van der Waals surface area contributed by atoms with Crippen LogP contribution in [0.15, 0.2) is 76.9 Å². The van der Waals surface area contributed by atoms with Gasteiger partial charge in [-0.15, -0.1) is 0 Å². The molecule has 2 aromatic carbocycles. The second-order valence-electron chi connectivity index (χ2n) is 6.01. The number of hydrogen-bond acceptors (Lipinski definition) is 5. The lowest BCUT2D eigenvalue weighted by Gasteiger charge is -2.12. The first-order valence-electron chi connectivity index (χ1n) is 8.71. The molecular formula is C21H20F2O5S. The molecule has 0 bridgehead atoms. The minimum Gasteiger partial charge on any atom is -0.463 e. The quantitative estimate of drug-likeness (QED) is 0.263. The fourth-order valence-electron chi connectivity index (χ4n) is 2.34. The van der Waals surface area contributed by atoms with E-state index in [0.717, 1.165) is 5.56 Å². The maximum absolute atomic E-state index is 13.5. The van der Waals surface area contributed by atoms with Crippen molar-refractivity contribution in [1.29, 1.82) is 0 Å². The molecule has 0 atom stereocenters. The third-order valence-corrected chi connectivity index (χ3v) is 5.03. The summed E-state index contributed by atoms with van der Waals surface area (Å²) in [6, 6.07) is 14.0. The van der Waals surface area contributed by atoms with Gasteiger partial charge in [0.15, 0.2) is 5.76 Å².